The van der Waals surface area contributed by atoms with Gasteiger partial charge in [-0.15, -0.1) is 0 Å². The summed E-state index contributed by atoms with van der Waals surface area (Å²) >= 11 is 0. The molecule has 0 aromatic heterocycles. The van der Waals surface area contributed by atoms with E-state index in [2.05, 4.69) is 0 Å². The van der Waals surface area contributed by atoms with E-state index in [-0.39, 0.29) is 4.90 Å². The third-order valence-electron chi connectivity index (χ3n) is 3.19. The molecule has 0 spiro atoms. The zero-order valence-electron chi connectivity index (χ0n) is 12.9. The van der Waals surface area contributed by atoms with E-state index >= 15 is 0 Å². The van der Waals surface area contributed by atoms with Crippen LogP contribution in [0.5, 0.6) is 5.75 Å². The SMILES string of the molecule is COCCOCCOc1c(C)cc(S(N)(=O)=O)c(C)c1C. The standard InChI is InChI=1S/C14H23NO5S/c1-10-9-13(21(15,16)17)11(2)12(3)14(10)20-8-7-19-6-5-18-4/h9H,5-8H2,1-4H3,(H2,15,16,17). The Labute approximate surface area is 126 Å². The second kappa shape index (κ2) is 7.74. The lowest BCUT2D eigenvalue weighted by Gasteiger charge is -2.16. The Morgan fingerprint density at radius 2 is 1.67 bits per heavy atom. The Kier molecular flexibility index (Phi) is 6.60. The number of methoxy groups -OCH3 is 1. The van der Waals surface area contributed by atoms with Crippen LogP contribution in [0.2, 0.25) is 0 Å². The minimum absolute atomic E-state index is 0.140. The van der Waals surface area contributed by atoms with Crippen molar-refractivity contribution in [2.24, 2.45) is 5.14 Å². The van der Waals surface area contributed by atoms with Crippen LogP contribution >= 0.6 is 0 Å². The molecule has 0 aliphatic rings. The molecular formula is C14H23NO5S. The number of aryl methyl sites for hydroxylation is 1. The molecule has 2 N–H and O–H groups in total. The molecule has 0 saturated carbocycles. The zero-order valence-corrected chi connectivity index (χ0v) is 13.7. The highest BCUT2D eigenvalue weighted by molar-refractivity contribution is 7.89. The lowest BCUT2D eigenvalue weighted by Crippen LogP contribution is -2.16. The van der Waals surface area contributed by atoms with Crippen molar-refractivity contribution in [1.29, 1.82) is 0 Å². The maximum atomic E-state index is 11.5. The molecule has 0 heterocycles. The summed E-state index contributed by atoms with van der Waals surface area (Å²) in [5.41, 5.74) is 2.12. The van der Waals surface area contributed by atoms with E-state index < -0.39 is 10.0 Å². The number of benzene rings is 1. The summed E-state index contributed by atoms with van der Waals surface area (Å²) in [4.78, 5) is 0.140. The van der Waals surface area contributed by atoms with Crippen LogP contribution in [0.4, 0.5) is 0 Å². The lowest BCUT2D eigenvalue weighted by atomic mass is 10.1. The number of hydrogen-bond donors (Lipinski definition) is 1. The molecule has 0 bridgehead atoms. The summed E-state index contributed by atoms with van der Waals surface area (Å²) in [5, 5.41) is 5.21. The Morgan fingerprint density at radius 3 is 2.24 bits per heavy atom. The van der Waals surface area contributed by atoms with E-state index in [0.29, 0.717) is 37.7 Å². The van der Waals surface area contributed by atoms with Crippen molar-refractivity contribution in [3.63, 3.8) is 0 Å². The van der Waals surface area contributed by atoms with Crippen LogP contribution in [0, 0.1) is 20.8 Å². The second-order valence-corrected chi connectivity index (χ2v) is 6.30. The Morgan fingerprint density at radius 1 is 1.05 bits per heavy atom. The van der Waals surface area contributed by atoms with E-state index in [1.165, 1.54) is 0 Å². The molecule has 0 saturated heterocycles. The van der Waals surface area contributed by atoms with Gasteiger partial charge in [0.15, 0.2) is 0 Å². The molecule has 0 unspecified atom stereocenters. The minimum Gasteiger partial charge on any atom is -0.491 e. The van der Waals surface area contributed by atoms with E-state index in [4.69, 9.17) is 19.3 Å². The average molecular weight is 317 g/mol. The average Bonchev–Trinajstić information content (AvgIpc) is 2.40. The third-order valence-corrected chi connectivity index (χ3v) is 4.23. The van der Waals surface area contributed by atoms with Crippen LogP contribution < -0.4 is 9.88 Å². The zero-order chi connectivity index (χ0) is 16.0. The highest BCUT2D eigenvalue weighted by Crippen LogP contribution is 2.30. The fraction of sp³-hybridized carbons (Fsp3) is 0.571. The summed E-state index contributed by atoms with van der Waals surface area (Å²) in [7, 11) is -2.11. The maximum Gasteiger partial charge on any atom is 0.238 e. The van der Waals surface area contributed by atoms with Gasteiger partial charge in [0, 0.05) is 7.11 Å². The van der Waals surface area contributed by atoms with E-state index in [1.807, 2.05) is 6.92 Å². The van der Waals surface area contributed by atoms with Gasteiger partial charge in [-0.25, -0.2) is 13.6 Å². The van der Waals surface area contributed by atoms with Crippen LogP contribution in [0.3, 0.4) is 0 Å². The topological polar surface area (TPSA) is 87.8 Å². The van der Waals surface area contributed by atoms with Crippen molar-refractivity contribution in [1.82, 2.24) is 0 Å². The fourth-order valence-electron chi connectivity index (χ4n) is 1.99. The number of primary sulfonamides is 1. The van der Waals surface area contributed by atoms with Gasteiger partial charge in [-0.3, -0.25) is 0 Å². The van der Waals surface area contributed by atoms with Gasteiger partial charge < -0.3 is 14.2 Å². The van der Waals surface area contributed by atoms with Crippen LogP contribution in [0.1, 0.15) is 16.7 Å². The first-order valence-electron chi connectivity index (χ1n) is 6.62. The maximum absolute atomic E-state index is 11.5. The summed E-state index contributed by atoms with van der Waals surface area (Å²) in [6.45, 7) is 7.22. The molecule has 7 heteroatoms. The minimum atomic E-state index is -3.72. The molecule has 1 aromatic carbocycles. The fourth-order valence-corrected chi connectivity index (χ4v) is 2.91. The van der Waals surface area contributed by atoms with Gasteiger partial charge in [0.2, 0.25) is 10.0 Å². The Bertz CT molecular complexity index is 584. The smallest absolute Gasteiger partial charge is 0.238 e. The first kappa shape index (κ1) is 17.9. The number of sulfonamides is 1. The summed E-state index contributed by atoms with van der Waals surface area (Å²) in [6.07, 6.45) is 0. The molecule has 6 nitrogen and oxygen atoms in total. The Balaban J connectivity index is 2.79. The van der Waals surface area contributed by atoms with Gasteiger partial charge in [0.25, 0.3) is 0 Å². The second-order valence-electron chi connectivity index (χ2n) is 4.77. The predicted octanol–water partition coefficient (Wildman–Crippen LogP) is 1.30. The van der Waals surface area contributed by atoms with Gasteiger partial charge >= 0.3 is 0 Å². The first-order chi connectivity index (χ1) is 9.79. The molecule has 0 aliphatic heterocycles. The highest BCUT2D eigenvalue weighted by atomic mass is 32.2. The number of nitrogens with two attached hydrogens (primary N) is 1. The molecule has 0 fully saturated rings. The highest BCUT2D eigenvalue weighted by Gasteiger charge is 2.18. The summed E-state index contributed by atoms with van der Waals surface area (Å²) < 4.78 is 39.0. The van der Waals surface area contributed by atoms with E-state index in [1.54, 1.807) is 27.0 Å². The molecule has 0 aliphatic carbocycles. The van der Waals surface area contributed by atoms with Crippen molar-refractivity contribution in [2.45, 2.75) is 25.7 Å². The van der Waals surface area contributed by atoms with Crippen molar-refractivity contribution < 1.29 is 22.6 Å². The molecule has 120 valence electrons. The molecule has 1 rings (SSSR count). The van der Waals surface area contributed by atoms with Crippen molar-refractivity contribution >= 4 is 10.0 Å². The van der Waals surface area contributed by atoms with Crippen LogP contribution in [0.15, 0.2) is 11.0 Å². The number of ether oxygens (including phenoxy) is 3. The molecule has 0 radical (unpaired) electrons. The predicted molar refractivity (Wildman–Crippen MR) is 80.2 cm³/mol. The van der Waals surface area contributed by atoms with E-state index in [9.17, 15) is 8.42 Å². The number of rotatable bonds is 8. The Hall–Kier alpha value is -1.15. The van der Waals surface area contributed by atoms with Crippen molar-refractivity contribution in [3.8, 4) is 5.75 Å². The van der Waals surface area contributed by atoms with Crippen molar-refractivity contribution in [2.75, 3.05) is 33.5 Å². The largest absolute Gasteiger partial charge is 0.491 e. The monoisotopic (exact) mass is 317 g/mol. The van der Waals surface area contributed by atoms with Gasteiger partial charge in [-0.05, 0) is 43.5 Å². The molecule has 1 aromatic rings. The van der Waals surface area contributed by atoms with Gasteiger partial charge in [-0.1, -0.05) is 0 Å². The molecule has 0 amide bonds. The van der Waals surface area contributed by atoms with Crippen LogP contribution in [0.25, 0.3) is 0 Å². The number of hydrogen-bond acceptors (Lipinski definition) is 5. The summed E-state index contributed by atoms with van der Waals surface area (Å²) in [5.74, 6) is 0.676. The van der Waals surface area contributed by atoms with Crippen molar-refractivity contribution in [3.05, 3.63) is 22.8 Å². The van der Waals surface area contributed by atoms with E-state index in [0.717, 1.165) is 11.1 Å². The normalized spacial score (nSPS) is 11.7. The van der Waals surface area contributed by atoms with Gasteiger partial charge in [-0.2, -0.15) is 0 Å². The lowest BCUT2D eigenvalue weighted by molar-refractivity contribution is 0.0542. The van der Waals surface area contributed by atoms with Gasteiger partial charge in [0.1, 0.15) is 12.4 Å². The van der Waals surface area contributed by atoms with Crippen LogP contribution in [-0.2, 0) is 19.5 Å². The van der Waals surface area contributed by atoms with Gasteiger partial charge in [0.05, 0.1) is 24.7 Å². The van der Waals surface area contributed by atoms with Crippen LogP contribution in [-0.4, -0.2) is 42.0 Å². The molecule has 21 heavy (non-hydrogen) atoms. The molecule has 0 atom stereocenters. The quantitative estimate of drug-likeness (QED) is 0.730. The third kappa shape index (κ3) is 4.96. The molecular weight excluding hydrogens is 294 g/mol. The summed E-state index contributed by atoms with van der Waals surface area (Å²) in [6, 6.07) is 1.54. The first-order valence-corrected chi connectivity index (χ1v) is 8.16.